The number of anilines is 1. The van der Waals surface area contributed by atoms with Crippen LogP contribution in [0.1, 0.15) is 31.2 Å². The third-order valence-electron chi connectivity index (χ3n) is 7.24. The molecule has 1 saturated heterocycles. The highest BCUT2D eigenvalue weighted by Gasteiger charge is 2.50. The van der Waals surface area contributed by atoms with Crippen LogP contribution in [0.15, 0.2) is 47.8 Å². The van der Waals surface area contributed by atoms with Crippen LogP contribution in [0.3, 0.4) is 0 Å². The van der Waals surface area contributed by atoms with E-state index in [1.807, 2.05) is 41.6 Å². The van der Waals surface area contributed by atoms with E-state index in [2.05, 4.69) is 29.4 Å². The summed E-state index contributed by atoms with van der Waals surface area (Å²) >= 11 is 1.64. The average molecular weight is 454 g/mol. The van der Waals surface area contributed by atoms with Crippen LogP contribution < -0.4 is 10.2 Å². The van der Waals surface area contributed by atoms with E-state index in [1.165, 1.54) is 6.07 Å². The quantitative estimate of drug-likeness (QED) is 0.629. The lowest BCUT2D eigenvalue weighted by Crippen LogP contribution is -2.54. The minimum atomic E-state index is -0.280. The molecule has 0 radical (unpaired) electrons. The van der Waals surface area contributed by atoms with Crippen molar-refractivity contribution in [1.29, 1.82) is 0 Å². The van der Waals surface area contributed by atoms with Gasteiger partial charge in [0, 0.05) is 18.7 Å². The van der Waals surface area contributed by atoms with Crippen molar-refractivity contribution in [2.75, 3.05) is 25.5 Å². The zero-order valence-corrected chi connectivity index (χ0v) is 19.5. The second-order valence-electron chi connectivity index (χ2n) is 9.22. The number of carbonyl (C=O) groups excluding carboxylic acids is 1. The molecule has 3 heterocycles. The number of amides is 2. The number of hydrogen-bond acceptors (Lipinski definition) is 4. The molecule has 2 aromatic heterocycles. The Morgan fingerprint density at radius 1 is 1.12 bits per heavy atom. The van der Waals surface area contributed by atoms with Crippen LogP contribution in [-0.2, 0) is 12.6 Å². The van der Waals surface area contributed by atoms with Gasteiger partial charge in [-0.1, -0.05) is 18.2 Å². The van der Waals surface area contributed by atoms with Crippen LogP contribution in [-0.4, -0.2) is 46.9 Å². The lowest BCUT2D eigenvalue weighted by Gasteiger charge is -2.48. The lowest BCUT2D eigenvalue weighted by molar-refractivity contribution is 0.0655. The van der Waals surface area contributed by atoms with Crippen LogP contribution in [0.5, 0.6) is 0 Å². The van der Waals surface area contributed by atoms with Gasteiger partial charge >= 0.3 is 6.03 Å². The first-order chi connectivity index (χ1) is 15.3. The van der Waals surface area contributed by atoms with Gasteiger partial charge in [0.25, 0.3) is 0 Å². The van der Waals surface area contributed by atoms with Crippen LogP contribution in [0.2, 0.25) is 0 Å². The van der Waals surface area contributed by atoms with Crippen LogP contribution in [0, 0.1) is 5.82 Å². The topological polar surface area (TPSA) is 53.4 Å². The first kappa shape index (κ1) is 21.2. The molecular weight excluding hydrogens is 425 g/mol. The van der Waals surface area contributed by atoms with Gasteiger partial charge in [-0.05, 0) is 68.9 Å². The highest BCUT2D eigenvalue weighted by molar-refractivity contribution is 7.13. The van der Waals surface area contributed by atoms with Crippen molar-refractivity contribution >= 4 is 23.2 Å². The van der Waals surface area contributed by atoms with Gasteiger partial charge in [-0.2, -0.15) is 5.10 Å². The Labute approximate surface area is 191 Å². The number of nitrogens with zero attached hydrogens (tertiary/aromatic N) is 4. The van der Waals surface area contributed by atoms with Crippen LogP contribution in [0.25, 0.3) is 10.6 Å². The van der Waals surface area contributed by atoms with Gasteiger partial charge in [0.1, 0.15) is 17.3 Å². The van der Waals surface area contributed by atoms with Crippen molar-refractivity contribution in [2.45, 2.75) is 36.8 Å². The summed E-state index contributed by atoms with van der Waals surface area (Å²) in [4.78, 5) is 18.1. The predicted octanol–water partition coefficient (Wildman–Crippen LogP) is 4.59. The fourth-order valence-electron chi connectivity index (χ4n) is 5.35. The zero-order valence-electron chi connectivity index (χ0n) is 18.6. The average Bonchev–Trinajstić information content (AvgIpc) is 3.48. The molecule has 2 fully saturated rings. The number of benzene rings is 1. The molecule has 5 rings (SSSR count). The van der Waals surface area contributed by atoms with Crippen molar-refractivity contribution in [3.8, 4) is 10.6 Å². The van der Waals surface area contributed by atoms with E-state index in [4.69, 9.17) is 0 Å². The van der Waals surface area contributed by atoms with Gasteiger partial charge in [0.2, 0.25) is 0 Å². The third-order valence-corrected chi connectivity index (χ3v) is 8.13. The molecule has 1 aliphatic carbocycles. The summed E-state index contributed by atoms with van der Waals surface area (Å²) < 4.78 is 15.8. The van der Waals surface area contributed by atoms with Crippen molar-refractivity contribution in [3.63, 3.8) is 0 Å². The van der Waals surface area contributed by atoms with Gasteiger partial charge < -0.3 is 5.32 Å². The molecule has 2 aliphatic rings. The normalized spacial score (nSPS) is 25.7. The van der Waals surface area contributed by atoms with Crippen molar-refractivity contribution < 1.29 is 9.18 Å². The second kappa shape index (κ2) is 7.71. The molecular formula is C24H28FN5OS. The van der Waals surface area contributed by atoms with E-state index in [0.717, 1.165) is 47.6 Å². The monoisotopic (exact) mass is 453 g/mol. The van der Waals surface area contributed by atoms with Gasteiger partial charge in [-0.15, -0.1) is 11.3 Å². The number of urea groups is 1. The Kier molecular flexibility index (Phi) is 5.09. The molecule has 0 bridgehead atoms. The van der Waals surface area contributed by atoms with E-state index < -0.39 is 0 Å². The van der Waals surface area contributed by atoms with Crippen molar-refractivity contribution in [2.24, 2.45) is 7.05 Å². The number of halogens is 1. The molecule has 2 amide bonds. The molecule has 0 atom stereocenters. The maximum Gasteiger partial charge on any atom is 0.323 e. The Hall–Kier alpha value is -2.71. The number of thiophene rings is 1. The van der Waals surface area contributed by atoms with Gasteiger partial charge in [0.05, 0.1) is 17.0 Å². The number of hydrogen-bond donors (Lipinski definition) is 1. The number of rotatable bonds is 4. The molecule has 6 nitrogen and oxygen atoms in total. The number of carbonyl (C=O) groups is 1. The third kappa shape index (κ3) is 3.42. The minimum absolute atomic E-state index is 0.0751. The highest BCUT2D eigenvalue weighted by Crippen LogP contribution is 2.46. The number of aryl methyl sites for hydroxylation is 1. The lowest BCUT2D eigenvalue weighted by atomic mass is 9.69. The van der Waals surface area contributed by atoms with E-state index in [0.29, 0.717) is 6.54 Å². The largest absolute Gasteiger partial charge is 0.330 e. The van der Waals surface area contributed by atoms with E-state index in [1.54, 1.807) is 28.2 Å². The first-order valence-corrected chi connectivity index (χ1v) is 11.8. The summed E-state index contributed by atoms with van der Waals surface area (Å²) in [5.41, 5.74) is 1.38. The number of aromatic nitrogens is 2. The van der Waals surface area contributed by atoms with Crippen LogP contribution >= 0.6 is 11.3 Å². The molecule has 1 aliphatic heterocycles. The van der Waals surface area contributed by atoms with Crippen molar-refractivity contribution in [1.82, 2.24) is 20.0 Å². The molecule has 1 N–H and O–H groups in total. The molecule has 8 heteroatoms. The maximum atomic E-state index is 14.0. The molecule has 3 aromatic rings. The molecule has 1 saturated carbocycles. The Morgan fingerprint density at radius 2 is 1.91 bits per heavy atom. The summed E-state index contributed by atoms with van der Waals surface area (Å²) in [5.74, 6) is 0.597. The maximum absolute atomic E-state index is 14.0. The Morgan fingerprint density at radius 3 is 2.56 bits per heavy atom. The first-order valence-electron chi connectivity index (χ1n) is 10.9. The summed E-state index contributed by atoms with van der Waals surface area (Å²) in [5, 5.41) is 9.93. The smallest absolute Gasteiger partial charge is 0.323 e. The SMILES string of the molecule is Cn1nc(-c2cccs2)cc1N1C[C@]2(CC[C@](c3cccc(F)c3)(N(C)C)CC2)NC1=O. The Bertz CT molecular complexity index is 1130. The Balaban J connectivity index is 1.38. The van der Waals surface area contributed by atoms with Gasteiger partial charge in [0.15, 0.2) is 0 Å². The summed E-state index contributed by atoms with van der Waals surface area (Å²) in [6.45, 7) is 0.613. The van der Waals surface area contributed by atoms with Gasteiger partial charge in [-0.3, -0.25) is 14.5 Å². The zero-order chi connectivity index (χ0) is 22.5. The van der Waals surface area contributed by atoms with E-state index in [9.17, 15) is 9.18 Å². The molecule has 0 unspecified atom stereocenters. The fraction of sp³-hybridized carbons (Fsp3) is 0.417. The van der Waals surface area contributed by atoms with Crippen molar-refractivity contribution in [3.05, 3.63) is 59.2 Å². The minimum Gasteiger partial charge on any atom is -0.330 e. The molecule has 1 aromatic carbocycles. The van der Waals surface area contributed by atoms with Crippen LogP contribution in [0.4, 0.5) is 15.0 Å². The van der Waals surface area contributed by atoms with E-state index >= 15 is 0 Å². The second-order valence-corrected chi connectivity index (χ2v) is 10.2. The summed E-state index contributed by atoms with van der Waals surface area (Å²) in [7, 11) is 6.00. The standard InChI is InChI=1S/C24H28FN5OS/c1-28(2)24(17-6-4-7-18(25)14-17)11-9-23(10-12-24)16-30(22(31)26-23)21-15-19(27-29(21)3)20-8-5-13-32-20/h4-8,13-15H,9-12,16H2,1-3H3,(H,26,31)/t23-,24+. The predicted molar refractivity (Wildman–Crippen MR) is 125 cm³/mol. The highest BCUT2D eigenvalue weighted by atomic mass is 32.1. The number of nitrogens with one attached hydrogen (secondary N) is 1. The van der Waals surface area contributed by atoms with E-state index in [-0.39, 0.29) is 22.9 Å². The molecule has 168 valence electrons. The molecule has 1 spiro atoms. The molecule has 32 heavy (non-hydrogen) atoms. The fourth-order valence-corrected chi connectivity index (χ4v) is 6.03. The summed E-state index contributed by atoms with van der Waals surface area (Å²) in [6.07, 6.45) is 3.37. The van der Waals surface area contributed by atoms with Gasteiger partial charge in [-0.25, -0.2) is 9.18 Å². The summed E-state index contributed by atoms with van der Waals surface area (Å²) in [6, 6.07) is 12.9.